The summed E-state index contributed by atoms with van der Waals surface area (Å²) < 4.78 is 39.7. The molecule has 1 saturated carbocycles. The van der Waals surface area contributed by atoms with Crippen molar-refractivity contribution in [1.82, 2.24) is 9.88 Å². The van der Waals surface area contributed by atoms with Gasteiger partial charge in [0.15, 0.2) is 11.2 Å². The van der Waals surface area contributed by atoms with Crippen LogP contribution in [0.4, 0.5) is 8.78 Å². The normalized spacial score (nSPS) is 31.5. The van der Waals surface area contributed by atoms with E-state index in [1.165, 1.54) is 19.5 Å². The SMILES string of the molecule is COc1cncc2c1[C@]1(O)[C@H](O)[C@H](CN3CC(F)(F)C3)[C@@H](c3ccccc3)[C@]1(c1ccc(C#N)cc1)O2. The Labute approximate surface area is 212 Å². The molecule has 0 spiro atoms. The van der Waals surface area contributed by atoms with Crippen molar-refractivity contribution in [2.75, 3.05) is 26.7 Å². The van der Waals surface area contributed by atoms with Gasteiger partial charge >= 0.3 is 0 Å². The number of aliphatic hydroxyl groups excluding tert-OH is 1. The molecule has 37 heavy (non-hydrogen) atoms. The van der Waals surface area contributed by atoms with Gasteiger partial charge in [-0.2, -0.15) is 5.26 Å². The van der Waals surface area contributed by atoms with Crippen molar-refractivity contribution in [3.63, 3.8) is 0 Å². The Bertz CT molecular complexity index is 1370. The van der Waals surface area contributed by atoms with Gasteiger partial charge in [0.25, 0.3) is 5.92 Å². The molecule has 9 heteroatoms. The summed E-state index contributed by atoms with van der Waals surface area (Å²) in [5, 5.41) is 34.0. The molecule has 0 radical (unpaired) electrons. The highest BCUT2D eigenvalue weighted by Crippen LogP contribution is 2.69. The Balaban J connectivity index is 1.60. The number of fused-ring (bicyclic) bond motifs is 3. The summed E-state index contributed by atoms with van der Waals surface area (Å²) in [7, 11) is 1.44. The number of methoxy groups -OCH3 is 1. The van der Waals surface area contributed by atoms with Crippen LogP contribution in [0.1, 0.15) is 28.2 Å². The van der Waals surface area contributed by atoms with Crippen molar-refractivity contribution in [3.8, 4) is 17.6 Å². The minimum absolute atomic E-state index is 0.128. The van der Waals surface area contributed by atoms with E-state index in [0.717, 1.165) is 5.56 Å². The van der Waals surface area contributed by atoms with Crippen molar-refractivity contribution in [2.24, 2.45) is 5.92 Å². The summed E-state index contributed by atoms with van der Waals surface area (Å²) in [6.07, 6.45) is 1.52. The maximum absolute atomic E-state index is 13.8. The average molecular weight is 506 g/mol. The van der Waals surface area contributed by atoms with E-state index in [1.54, 1.807) is 29.2 Å². The fraction of sp³-hybridized carbons (Fsp3) is 0.357. The molecule has 2 N–H and O–H groups in total. The zero-order chi connectivity index (χ0) is 26.0. The Hall–Kier alpha value is -3.58. The molecule has 3 heterocycles. The van der Waals surface area contributed by atoms with Crippen LogP contribution in [0.2, 0.25) is 0 Å². The molecule has 0 unspecified atom stereocenters. The van der Waals surface area contributed by atoms with Crippen molar-refractivity contribution < 1.29 is 28.5 Å². The second-order valence-corrected chi connectivity index (χ2v) is 10.0. The number of nitriles is 1. The maximum atomic E-state index is 13.8. The summed E-state index contributed by atoms with van der Waals surface area (Å²) in [5.41, 5.74) is -1.57. The molecule has 6 rings (SSSR count). The standard InChI is InChI=1S/C28H25F2N3O4/c1-36-21-12-32-13-22-24(21)27(35)25(34)20(14-33-15-26(29,30)16-33)23(18-5-3-2-4-6-18)28(27,37-22)19-9-7-17(11-31)8-10-19/h2-10,12-13,20,23,25,34-35H,14-16H2,1H3/t20-,23-,25-,27+,28+/m1/s1. The molecule has 7 nitrogen and oxygen atoms in total. The number of likely N-dealkylation sites (tertiary alicyclic amines) is 1. The first-order valence-corrected chi connectivity index (χ1v) is 12.0. The van der Waals surface area contributed by atoms with Gasteiger partial charge in [-0.15, -0.1) is 0 Å². The zero-order valence-electron chi connectivity index (χ0n) is 20.0. The second-order valence-electron chi connectivity index (χ2n) is 10.0. The van der Waals surface area contributed by atoms with E-state index in [9.17, 15) is 24.3 Å². The molecule has 2 fully saturated rings. The summed E-state index contributed by atoms with van der Waals surface area (Å²) in [6.45, 7) is -0.696. The first kappa shape index (κ1) is 23.8. The second kappa shape index (κ2) is 8.21. The number of hydrogen-bond acceptors (Lipinski definition) is 7. The van der Waals surface area contributed by atoms with Crippen molar-refractivity contribution >= 4 is 0 Å². The van der Waals surface area contributed by atoms with E-state index >= 15 is 0 Å². The molecule has 1 aliphatic carbocycles. The largest absolute Gasteiger partial charge is 0.495 e. The number of rotatable bonds is 5. The van der Waals surface area contributed by atoms with E-state index < -0.39 is 48.2 Å². The highest BCUT2D eigenvalue weighted by molar-refractivity contribution is 5.59. The quantitative estimate of drug-likeness (QED) is 0.550. The van der Waals surface area contributed by atoms with Crippen LogP contribution < -0.4 is 9.47 Å². The predicted molar refractivity (Wildman–Crippen MR) is 128 cm³/mol. The number of hydrogen-bond donors (Lipinski definition) is 2. The number of alkyl halides is 2. The zero-order valence-corrected chi connectivity index (χ0v) is 20.0. The molecule has 190 valence electrons. The molecule has 1 saturated heterocycles. The van der Waals surface area contributed by atoms with Crippen molar-refractivity contribution in [2.45, 2.75) is 29.1 Å². The number of aliphatic hydroxyl groups is 2. The third-order valence-electron chi connectivity index (χ3n) is 7.99. The molecular weight excluding hydrogens is 480 g/mol. The Kier molecular flexibility index (Phi) is 5.28. The lowest BCUT2D eigenvalue weighted by molar-refractivity contribution is -0.157. The number of pyridine rings is 1. The molecule has 0 bridgehead atoms. The fourth-order valence-electron chi connectivity index (χ4n) is 6.56. The van der Waals surface area contributed by atoms with Gasteiger partial charge in [0.1, 0.15) is 11.5 Å². The lowest BCUT2D eigenvalue weighted by Crippen LogP contribution is -2.58. The number of nitrogens with zero attached hydrogens (tertiary/aromatic N) is 3. The van der Waals surface area contributed by atoms with Gasteiger partial charge in [-0.1, -0.05) is 42.5 Å². The van der Waals surface area contributed by atoms with E-state index in [0.29, 0.717) is 11.1 Å². The molecule has 3 aromatic rings. The van der Waals surface area contributed by atoms with E-state index in [-0.39, 0.29) is 23.6 Å². The molecule has 0 amide bonds. The van der Waals surface area contributed by atoms with E-state index in [1.807, 2.05) is 30.3 Å². The molecule has 2 aliphatic heterocycles. The first-order valence-electron chi connectivity index (χ1n) is 12.0. The third-order valence-corrected chi connectivity index (χ3v) is 7.99. The highest BCUT2D eigenvalue weighted by Gasteiger charge is 2.77. The van der Waals surface area contributed by atoms with Gasteiger partial charge in [0.05, 0.1) is 55.9 Å². The molecule has 1 aromatic heterocycles. The number of benzene rings is 2. The van der Waals surface area contributed by atoms with Crippen molar-refractivity contribution in [3.05, 3.63) is 89.2 Å². The Morgan fingerprint density at radius 2 is 1.84 bits per heavy atom. The smallest absolute Gasteiger partial charge is 0.272 e. The average Bonchev–Trinajstić information content (AvgIpc) is 3.26. The molecule has 3 aliphatic rings. The highest BCUT2D eigenvalue weighted by atomic mass is 19.3. The monoisotopic (exact) mass is 505 g/mol. The molecular formula is C28H25F2N3O4. The Morgan fingerprint density at radius 1 is 1.14 bits per heavy atom. The Morgan fingerprint density at radius 3 is 2.46 bits per heavy atom. The first-order chi connectivity index (χ1) is 17.7. The molecule has 2 aromatic carbocycles. The minimum Gasteiger partial charge on any atom is -0.495 e. The summed E-state index contributed by atoms with van der Waals surface area (Å²) in [6, 6.07) is 18.1. The lowest BCUT2D eigenvalue weighted by Gasteiger charge is -2.43. The van der Waals surface area contributed by atoms with Crippen LogP contribution in [0.5, 0.6) is 11.5 Å². The van der Waals surface area contributed by atoms with Crippen LogP contribution in [-0.2, 0) is 11.2 Å². The number of ether oxygens (including phenoxy) is 2. The summed E-state index contributed by atoms with van der Waals surface area (Å²) >= 11 is 0. The van der Waals surface area contributed by atoms with Crippen molar-refractivity contribution in [1.29, 1.82) is 5.26 Å². The van der Waals surface area contributed by atoms with Gasteiger partial charge in [-0.05, 0) is 23.3 Å². The number of halogens is 2. The van der Waals surface area contributed by atoms with Gasteiger partial charge in [0, 0.05) is 18.4 Å². The van der Waals surface area contributed by atoms with Crippen LogP contribution >= 0.6 is 0 Å². The van der Waals surface area contributed by atoms with Crippen LogP contribution in [0.25, 0.3) is 0 Å². The number of aromatic nitrogens is 1. The van der Waals surface area contributed by atoms with Gasteiger partial charge < -0.3 is 19.7 Å². The molecule has 5 atom stereocenters. The fourth-order valence-corrected chi connectivity index (χ4v) is 6.56. The topological polar surface area (TPSA) is 98.8 Å². The summed E-state index contributed by atoms with van der Waals surface area (Å²) in [5.74, 6) is -3.59. The predicted octanol–water partition coefficient (Wildman–Crippen LogP) is 3.16. The lowest BCUT2D eigenvalue weighted by atomic mass is 9.70. The van der Waals surface area contributed by atoms with Gasteiger partial charge in [-0.25, -0.2) is 8.78 Å². The van der Waals surface area contributed by atoms with E-state index in [4.69, 9.17) is 9.47 Å². The summed E-state index contributed by atoms with van der Waals surface area (Å²) in [4.78, 5) is 5.78. The van der Waals surface area contributed by atoms with Crippen LogP contribution in [-0.4, -0.2) is 58.9 Å². The van der Waals surface area contributed by atoms with Gasteiger partial charge in [0.2, 0.25) is 0 Å². The van der Waals surface area contributed by atoms with Crippen LogP contribution in [0.15, 0.2) is 67.0 Å². The van der Waals surface area contributed by atoms with E-state index in [2.05, 4.69) is 11.1 Å². The minimum atomic E-state index is -2.78. The van der Waals surface area contributed by atoms with Crippen LogP contribution in [0, 0.1) is 17.2 Å². The van der Waals surface area contributed by atoms with Gasteiger partial charge in [-0.3, -0.25) is 9.88 Å². The van der Waals surface area contributed by atoms with Crippen LogP contribution in [0.3, 0.4) is 0 Å². The maximum Gasteiger partial charge on any atom is 0.272 e. The third kappa shape index (κ3) is 3.23.